The van der Waals surface area contributed by atoms with Crippen LogP contribution in [0.5, 0.6) is 0 Å². The van der Waals surface area contributed by atoms with Crippen molar-refractivity contribution in [3.05, 3.63) is 97.2 Å². The molecule has 124 valence electrons. The third-order valence-electron chi connectivity index (χ3n) is 2.34. The van der Waals surface area contributed by atoms with E-state index in [1.165, 1.54) is 0 Å². The van der Waals surface area contributed by atoms with Crippen LogP contribution in [0.3, 0.4) is 0 Å². The summed E-state index contributed by atoms with van der Waals surface area (Å²) in [6.45, 7) is 0. The van der Waals surface area contributed by atoms with Gasteiger partial charge in [0.25, 0.3) is 0 Å². The summed E-state index contributed by atoms with van der Waals surface area (Å²) in [6.07, 6.45) is 40.0. The van der Waals surface area contributed by atoms with Crippen molar-refractivity contribution in [3.8, 4) is 0 Å². The van der Waals surface area contributed by atoms with Crippen molar-refractivity contribution in [1.29, 1.82) is 0 Å². The fraction of sp³-hybridized carbons (Fsp3) is 0.200. The Morgan fingerprint density at radius 1 is 0.417 bits per heavy atom. The molecule has 0 nitrogen and oxygen atoms in total. The second-order valence-electron chi connectivity index (χ2n) is 4.01. The van der Waals surface area contributed by atoms with Gasteiger partial charge in [0.2, 0.25) is 0 Å². The second kappa shape index (κ2) is 27.1. The standard InChI is InChI=1S/4C5H5.2FH.2Ti/c4*1-2-4-5-3-1;;;;/h4*1-3H,4H2;2*1H;;/q4*-1;;;2*+2/p-2. The number of hydrogen-bond acceptors (Lipinski definition) is 0. The van der Waals surface area contributed by atoms with Gasteiger partial charge < -0.3 is 9.41 Å². The van der Waals surface area contributed by atoms with Crippen LogP contribution in [-0.2, 0) is 43.4 Å². The Kier molecular flexibility index (Phi) is 35.0. The van der Waals surface area contributed by atoms with Crippen molar-refractivity contribution in [2.24, 2.45) is 0 Å². The van der Waals surface area contributed by atoms with Gasteiger partial charge in [0.1, 0.15) is 0 Å². The molecule has 4 heteroatoms. The van der Waals surface area contributed by atoms with Crippen molar-refractivity contribution >= 4 is 0 Å². The molecule has 0 N–H and O–H groups in total. The normalized spacial score (nSPS) is 14.7. The maximum atomic E-state index is 2.99. The monoisotopic (exact) mass is 394 g/mol. The first-order valence-electron chi connectivity index (χ1n) is 6.87. The van der Waals surface area contributed by atoms with Crippen LogP contribution in [0.25, 0.3) is 0 Å². The molecule has 24 heavy (non-hydrogen) atoms. The zero-order valence-electron chi connectivity index (χ0n) is 13.5. The molecule has 0 atom stereocenters. The maximum absolute atomic E-state index is 2.99. The SMILES string of the molecule is [C-]1=CC=CC1.[C-]1=CC=CC1.[C-]1=CC=CC1.[C-]1=CC=CC1.[F-].[F-].[Ti+2].[Ti+2]. The van der Waals surface area contributed by atoms with Gasteiger partial charge in [0.05, 0.1) is 0 Å². The zero-order valence-corrected chi connectivity index (χ0v) is 16.6. The maximum Gasteiger partial charge on any atom is 2.00 e. The first kappa shape index (κ1) is 31.0. The van der Waals surface area contributed by atoms with E-state index in [1.807, 2.05) is 48.6 Å². The fourth-order valence-corrected chi connectivity index (χ4v) is 1.36. The number of allylic oxidation sites excluding steroid dienone is 16. The Morgan fingerprint density at radius 3 is 0.667 bits per heavy atom. The summed E-state index contributed by atoms with van der Waals surface area (Å²) < 4.78 is 0. The molecule has 0 heterocycles. The third-order valence-corrected chi connectivity index (χ3v) is 2.34. The Bertz CT molecular complexity index is 340. The fourth-order valence-electron chi connectivity index (χ4n) is 1.36. The molecule has 0 saturated carbocycles. The van der Waals surface area contributed by atoms with Gasteiger partial charge in [0, 0.05) is 0 Å². The molecule has 0 aromatic carbocycles. The molecule has 4 rings (SSSR count). The van der Waals surface area contributed by atoms with Gasteiger partial charge in [-0.3, -0.25) is 24.3 Å². The summed E-state index contributed by atoms with van der Waals surface area (Å²) >= 11 is 0. The van der Waals surface area contributed by atoms with E-state index in [1.54, 1.807) is 0 Å². The van der Waals surface area contributed by atoms with Crippen LogP contribution in [0.2, 0.25) is 0 Å². The molecule has 0 radical (unpaired) electrons. The van der Waals surface area contributed by atoms with Crippen molar-refractivity contribution < 1.29 is 52.8 Å². The predicted octanol–water partition coefficient (Wildman–Crippen LogP) is -0.774. The summed E-state index contributed by atoms with van der Waals surface area (Å²) in [5.41, 5.74) is 0. The summed E-state index contributed by atoms with van der Waals surface area (Å²) in [4.78, 5) is 0. The van der Waals surface area contributed by atoms with E-state index in [4.69, 9.17) is 0 Å². The topological polar surface area (TPSA) is 0 Å². The molecule has 0 aliphatic heterocycles. The first-order valence-corrected chi connectivity index (χ1v) is 6.87. The molecule has 4 aliphatic carbocycles. The van der Waals surface area contributed by atoms with Crippen LogP contribution >= 0.6 is 0 Å². The molecule has 4 aliphatic rings. The van der Waals surface area contributed by atoms with E-state index in [-0.39, 0.29) is 52.8 Å². The van der Waals surface area contributed by atoms with Crippen LogP contribution in [0.1, 0.15) is 25.7 Å². The minimum atomic E-state index is 0. The molecule has 0 aromatic heterocycles. The minimum absolute atomic E-state index is 0. The summed E-state index contributed by atoms with van der Waals surface area (Å²) in [7, 11) is 0. The van der Waals surface area contributed by atoms with Crippen LogP contribution in [-0.4, -0.2) is 0 Å². The quantitative estimate of drug-likeness (QED) is 0.374. The van der Waals surface area contributed by atoms with Gasteiger partial charge in [-0.15, -0.1) is 25.7 Å². The van der Waals surface area contributed by atoms with Crippen molar-refractivity contribution in [2.45, 2.75) is 25.7 Å². The predicted molar refractivity (Wildman–Crippen MR) is 86.3 cm³/mol. The first-order chi connectivity index (χ1) is 10.0. The smallest absolute Gasteiger partial charge is 1.00 e. The van der Waals surface area contributed by atoms with Gasteiger partial charge in [-0.1, -0.05) is 0 Å². The van der Waals surface area contributed by atoms with Gasteiger partial charge >= 0.3 is 43.4 Å². The Hall–Kier alpha value is -0.791. The largest absolute Gasteiger partial charge is 2.00 e. The molecule has 0 bridgehead atoms. The number of halogens is 2. The number of rotatable bonds is 0. The van der Waals surface area contributed by atoms with Gasteiger partial charge in [0.15, 0.2) is 0 Å². The van der Waals surface area contributed by atoms with E-state index in [2.05, 4.69) is 48.6 Å². The summed E-state index contributed by atoms with van der Waals surface area (Å²) in [5.74, 6) is 0. The van der Waals surface area contributed by atoms with E-state index in [9.17, 15) is 0 Å². The van der Waals surface area contributed by atoms with E-state index in [0.29, 0.717) is 0 Å². The van der Waals surface area contributed by atoms with Crippen molar-refractivity contribution in [3.63, 3.8) is 0 Å². The average Bonchev–Trinajstić information content (AvgIpc) is 3.40. The van der Waals surface area contributed by atoms with E-state index >= 15 is 0 Å². The van der Waals surface area contributed by atoms with E-state index in [0.717, 1.165) is 25.7 Å². The van der Waals surface area contributed by atoms with Crippen LogP contribution in [0, 0.1) is 24.3 Å². The van der Waals surface area contributed by atoms with Crippen LogP contribution in [0.4, 0.5) is 0 Å². The van der Waals surface area contributed by atoms with Crippen LogP contribution < -0.4 is 9.41 Å². The Morgan fingerprint density at radius 2 is 0.625 bits per heavy atom. The number of hydrogen-bond donors (Lipinski definition) is 0. The molecule has 0 fully saturated rings. The van der Waals surface area contributed by atoms with Crippen LogP contribution in [0.15, 0.2) is 72.9 Å². The van der Waals surface area contributed by atoms with Gasteiger partial charge in [-0.25, -0.2) is 48.6 Å². The molecule has 0 spiro atoms. The molecular formula is C20H20F2Ti2-2. The van der Waals surface area contributed by atoms with Crippen molar-refractivity contribution in [2.75, 3.05) is 0 Å². The molecular weight excluding hydrogens is 374 g/mol. The zero-order chi connectivity index (χ0) is 14.1. The molecule has 0 amide bonds. The molecule has 0 aromatic rings. The minimum Gasteiger partial charge on any atom is -1.00 e. The van der Waals surface area contributed by atoms with Gasteiger partial charge in [-0.2, -0.15) is 24.3 Å². The summed E-state index contributed by atoms with van der Waals surface area (Å²) in [5, 5.41) is 0. The Balaban J connectivity index is -0.000000105. The van der Waals surface area contributed by atoms with Gasteiger partial charge in [-0.05, 0) is 0 Å². The Labute approximate surface area is 175 Å². The average molecular weight is 394 g/mol. The molecule has 0 unspecified atom stereocenters. The molecule has 0 saturated heterocycles. The third kappa shape index (κ3) is 23.5. The van der Waals surface area contributed by atoms with Crippen molar-refractivity contribution in [1.82, 2.24) is 0 Å². The summed E-state index contributed by atoms with van der Waals surface area (Å²) in [6, 6.07) is 0. The second-order valence-corrected chi connectivity index (χ2v) is 4.01. The van der Waals surface area contributed by atoms with E-state index < -0.39 is 0 Å².